The maximum absolute atomic E-state index is 12.9. The predicted molar refractivity (Wildman–Crippen MR) is 96.6 cm³/mol. The molecule has 1 amide bonds. The first-order valence-corrected chi connectivity index (χ1v) is 8.71. The number of rotatable bonds is 5. The van der Waals surface area contributed by atoms with E-state index in [1.807, 2.05) is 0 Å². The Hall–Kier alpha value is -2.99. The first-order valence-electron chi connectivity index (χ1n) is 8.71. The lowest BCUT2D eigenvalue weighted by Crippen LogP contribution is -2.46. The first kappa shape index (κ1) is 20.7. The lowest BCUT2D eigenvalue weighted by Gasteiger charge is -2.13. The number of aromatic nitrogens is 2. The summed E-state index contributed by atoms with van der Waals surface area (Å²) < 4.78 is 40.2. The van der Waals surface area contributed by atoms with Crippen LogP contribution in [-0.2, 0) is 17.5 Å². The highest BCUT2D eigenvalue weighted by Gasteiger charge is 2.41. The lowest BCUT2D eigenvalue weighted by atomic mass is 10.1. The van der Waals surface area contributed by atoms with Crippen molar-refractivity contribution in [3.05, 3.63) is 56.9 Å². The number of carbonyl (C=O) groups excluding carboxylic acids is 1. The first-order chi connectivity index (χ1) is 13.6. The van der Waals surface area contributed by atoms with Gasteiger partial charge in [-0.25, -0.2) is 10.9 Å². The van der Waals surface area contributed by atoms with Gasteiger partial charge in [-0.2, -0.15) is 18.3 Å². The summed E-state index contributed by atoms with van der Waals surface area (Å²) in [5.41, 5.74) is 6.16. The second-order valence-electron chi connectivity index (χ2n) is 6.75. The van der Waals surface area contributed by atoms with Crippen LogP contribution in [0.1, 0.15) is 22.5 Å². The topological polar surface area (TPSA) is 114 Å². The summed E-state index contributed by atoms with van der Waals surface area (Å²) >= 11 is 0. The molecule has 0 radical (unpaired) electrons. The van der Waals surface area contributed by atoms with E-state index in [-0.39, 0.29) is 13.1 Å². The lowest BCUT2D eigenvalue weighted by molar-refractivity contribution is -0.517. The Bertz CT molecular complexity index is 943. The minimum absolute atomic E-state index is 0.0118. The molecule has 2 atom stereocenters. The zero-order valence-electron chi connectivity index (χ0n) is 15.6. The zero-order chi connectivity index (χ0) is 21.3. The normalized spacial score (nSPS) is 19.3. The number of hydrogen-bond donors (Lipinski definition) is 3. The van der Waals surface area contributed by atoms with Gasteiger partial charge in [0.2, 0.25) is 5.91 Å². The third-order valence-electron chi connectivity index (χ3n) is 4.72. The number of anilines is 1. The van der Waals surface area contributed by atoms with Crippen molar-refractivity contribution in [3.63, 3.8) is 0 Å². The molecular weight excluding hydrogens is 393 g/mol. The van der Waals surface area contributed by atoms with Crippen molar-refractivity contribution in [3.8, 4) is 0 Å². The minimum atomic E-state index is -4.44. The number of amides is 1. The van der Waals surface area contributed by atoms with E-state index in [1.165, 1.54) is 10.7 Å². The number of alkyl halides is 3. The maximum Gasteiger partial charge on any atom is 0.416 e. The van der Waals surface area contributed by atoms with Crippen LogP contribution in [0.5, 0.6) is 0 Å². The van der Waals surface area contributed by atoms with E-state index in [0.29, 0.717) is 22.6 Å². The third-order valence-corrected chi connectivity index (χ3v) is 4.72. The Morgan fingerprint density at radius 3 is 2.79 bits per heavy atom. The highest BCUT2D eigenvalue weighted by atomic mass is 19.4. The molecule has 3 N–H and O–H groups in total. The van der Waals surface area contributed by atoms with Gasteiger partial charge in [-0.15, -0.1) is 0 Å². The van der Waals surface area contributed by atoms with Gasteiger partial charge in [0, 0.05) is 4.92 Å². The molecule has 0 saturated carbocycles. The van der Waals surface area contributed by atoms with Gasteiger partial charge < -0.3 is 5.32 Å². The summed E-state index contributed by atoms with van der Waals surface area (Å²) in [6.07, 6.45) is -4.44. The van der Waals surface area contributed by atoms with Crippen molar-refractivity contribution >= 4 is 11.6 Å². The molecule has 0 bridgehead atoms. The summed E-state index contributed by atoms with van der Waals surface area (Å²) in [5, 5.41) is 18.0. The van der Waals surface area contributed by atoms with Crippen molar-refractivity contribution in [2.45, 2.75) is 38.7 Å². The number of benzene rings is 1. The van der Waals surface area contributed by atoms with E-state index in [0.717, 1.165) is 12.1 Å². The predicted octanol–water partition coefficient (Wildman–Crippen LogP) is 1.63. The van der Waals surface area contributed by atoms with Crippen LogP contribution in [0.15, 0.2) is 24.3 Å². The number of aryl methyl sites for hydroxylation is 1. The number of nitrogens with zero attached hydrogens (tertiary/aromatic N) is 3. The van der Waals surface area contributed by atoms with Crippen molar-refractivity contribution in [2.75, 3.05) is 11.9 Å². The highest BCUT2D eigenvalue weighted by molar-refractivity contribution is 5.96. The molecule has 2 unspecified atom stereocenters. The van der Waals surface area contributed by atoms with Gasteiger partial charge in [0.25, 0.3) is 6.04 Å². The summed E-state index contributed by atoms with van der Waals surface area (Å²) in [4.78, 5) is 23.0. The largest absolute Gasteiger partial charge is 0.416 e. The third kappa shape index (κ3) is 4.38. The van der Waals surface area contributed by atoms with Crippen molar-refractivity contribution in [1.29, 1.82) is 0 Å². The van der Waals surface area contributed by atoms with Gasteiger partial charge in [-0.3, -0.25) is 19.6 Å². The highest BCUT2D eigenvalue weighted by Crippen LogP contribution is 2.30. The van der Waals surface area contributed by atoms with E-state index in [9.17, 15) is 28.1 Å². The van der Waals surface area contributed by atoms with E-state index < -0.39 is 34.7 Å². The van der Waals surface area contributed by atoms with Crippen molar-refractivity contribution < 1.29 is 22.9 Å². The number of halogens is 3. The Morgan fingerprint density at radius 2 is 2.14 bits per heavy atom. The number of hydrazine groups is 1. The molecule has 1 aromatic carbocycles. The second-order valence-corrected chi connectivity index (χ2v) is 6.75. The van der Waals surface area contributed by atoms with Gasteiger partial charge in [-0.05, 0) is 31.5 Å². The van der Waals surface area contributed by atoms with Gasteiger partial charge in [0.1, 0.15) is 0 Å². The molecule has 2 aromatic rings. The molecule has 1 saturated heterocycles. The van der Waals surface area contributed by atoms with Crippen LogP contribution < -0.4 is 16.2 Å². The standard InChI is InChI=1S/C17H19F3N6O3/c1-9-14(22-16(27)15-13(26(28)29)7-21-23-15)10(2)25(24-9)8-11-4-3-5-12(6-11)17(18,19)20/h3-6,13,15,21,23H,7-8H2,1-2H3,(H,22,27). The number of nitro groups is 1. The summed E-state index contributed by atoms with van der Waals surface area (Å²) in [5.74, 6) is -0.596. The summed E-state index contributed by atoms with van der Waals surface area (Å²) in [6.45, 7) is 3.39. The average molecular weight is 412 g/mol. The molecular formula is C17H19F3N6O3. The quantitative estimate of drug-likeness (QED) is 0.508. The van der Waals surface area contributed by atoms with E-state index in [2.05, 4.69) is 21.3 Å². The molecule has 2 heterocycles. The van der Waals surface area contributed by atoms with Crippen LogP contribution >= 0.6 is 0 Å². The Kier molecular flexibility index (Phi) is 5.57. The van der Waals surface area contributed by atoms with Crippen LogP contribution in [0.2, 0.25) is 0 Å². The Labute approximate surface area is 163 Å². The molecule has 1 aliphatic rings. The number of nitrogens with one attached hydrogen (secondary N) is 3. The molecule has 1 aliphatic heterocycles. The smallest absolute Gasteiger partial charge is 0.321 e. The fraction of sp³-hybridized carbons (Fsp3) is 0.412. The van der Waals surface area contributed by atoms with Crippen LogP contribution in [0.3, 0.4) is 0 Å². The van der Waals surface area contributed by atoms with Gasteiger partial charge in [0.05, 0.1) is 35.7 Å². The number of carbonyl (C=O) groups is 1. The van der Waals surface area contributed by atoms with E-state index >= 15 is 0 Å². The average Bonchev–Trinajstić information content (AvgIpc) is 3.23. The van der Waals surface area contributed by atoms with Gasteiger partial charge in [-0.1, -0.05) is 12.1 Å². The Balaban J connectivity index is 1.79. The van der Waals surface area contributed by atoms with Crippen LogP contribution in [0.4, 0.5) is 18.9 Å². The monoisotopic (exact) mass is 412 g/mol. The molecule has 3 rings (SSSR count). The molecule has 1 fully saturated rings. The molecule has 29 heavy (non-hydrogen) atoms. The van der Waals surface area contributed by atoms with Gasteiger partial charge >= 0.3 is 6.18 Å². The van der Waals surface area contributed by atoms with E-state index in [4.69, 9.17) is 0 Å². The summed E-state index contributed by atoms with van der Waals surface area (Å²) in [7, 11) is 0. The SMILES string of the molecule is Cc1nn(Cc2cccc(C(F)(F)F)c2)c(C)c1NC(=O)C1NNCC1[N+](=O)[O-]. The fourth-order valence-electron chi connectivity index (χ4n) is 3.18. The van der Waals surface area contributed by atoms with Crippen LogP contribution in [0.25, 0.3) is 0 Å². The van der Waals surface area contributed by atoms with Crippen molar-refractivity contribution in [2.24, 2.45) is 0 Å². The molecule has 12 heteroatoms. The fourth-order valence-corrected chi connectivity index (χ4v) is 3.18. The summed E-state index contributed by atoms with van der Waals surface area (Å²) in [6, 6.07) is 2.74. The molecule has 9 nitrogen and oxygen atoms in total. The van der Waals surface area contributed by atoms with Crippen LogP contribution in [0, 0.1) is 24.0 Å². The van der Waals surface area contributed by atoms with Crippen molar-refractivity contribution in [1.82, 2.24) is 20.6 Å². The molecule has 0 spiro atoms. The Morgan fingerprint density at radius 1 is 1.41 bits per heavy atom. The zero-order valence-corrected chi connectivity index (χ0v) is 15.6. The van der Waals surface area contributed by atoms with Crippen LogP contribution in [-0.4, -0.2) is 39.2 Å². The van der Waals surface area contributed by atoms with E-state index in [1.54, 1.807) is 19.9 Å². The maximum atomic E-state index is 12.9. The van der Waals surface area contributed by atoms with Gasteiger partial charge in [0.15, 0.2) is 6.04 Å². The molecule has 0 aliphatic carbocycles. The molecule has 156 valence electrons. The second kappa shape index (κ2) is 7.79. The minimum Gasteiger partial charge on any atom is -0.321 e. The molecule has 1 aromatic heterocycles. The number of hydrogen-bond acceptors (Lipinski definition) is 6.